The Morgan fingerprint density at radius 3 is 2.54 bits per heavy atom. The SMILES string of the molecule is O=C(OCC(=O)N1CCCC1=O)c1ccc(S(=O)(=O)NCc2ccco2)cc1. The van der Waals surface area contributed by atoms with Crippen LogP contribution in [0.15, 0.2) is 52.0 Å². The van der Waals surface area contributed by atoms with E-state index in [-0.39, 0.29) is 22.9 Å². The van der Waals surface area contributed by atoms with E-state index in [1.54, 1.807) is 12.1 Å². The van der Waals surface area contributed by atoms with E-state index in [1.165, 1.54) is 30.5 Å². The number of nitrogens with zero attached hydrogens (tertiary/aromatic N) is 1. The first-order valence-corrected chi connectivity index (χ1v) is 9.97. The number of benzene rings is 1. The van der Waals surface area contributed by atoms with Crippen molar-refractivity contribution < 1.29 is 32.0 Å². The first kappa shape index (κ1) is 19.8. The molecule has 0 bridgehead atoms. The smallest absolute Gasteiger partial charge is 0.338 e. The standard InChI is InChI=1S/C18H18N2O7S/c21-16-4-1-9-20(16)17(22)12-27-18(23)13-5-7-15(8-6-13)28(24,25)19-11-14-3-2-10-26-14/h2-3,5-8,10,19H,1,4,9,11-12H2. The number of ether oxygens (including phenoxy) is 1. The average Bonchev–Trinajstić information content (AvgIpc) is 3.36. The zero-order valence-corrected chi connectivity index (χ0v) is 15.6. The zero-order valence-electron chi connectivity index (χ0n) is 14.8. The Morgan fingerprint density at radius 1 is 1.18 bits per heavy atom. The molecule has 1 aliphatic rings. The van der Waals surface area contributed by atoms with Crippen molar-refractivity contribution in [2.75, 3.05) is 13.2 Å². The third-order valence-electron chi connectivity index (χ3n) is 4.12. The van der Waals surface area contributed by atoms with Crippen molar-refractivity contribution in [3.63, 3.8) is 0 Å². The summed E-state index contributed by atoms with van der Waals surface area (Å²) in [5.74, 6) is -1.17. The molecule has 1 aliphatic heterocycles. The van der Waals surface area contributed by atoms with Crippen LogP contribution in [0.25, 0.3) is 0 Å². The van der Waals surface area contributed by atoms with Crippen LogP contribution in [-0.4, -0.2) is 44.3 Å². The summed E-state index contributed by atoms with van der Waals surface area (Å²) in [4.78, 5) is 36.4. The summed E-state index contributed by atoms with van der Waals surface area (Å²) in [7, 11) is -3.78. The fourth-order valence-electron chi connectivity index (χ4n) is 2.63. The summed E-state index contributed by atoms with van der Waals surface area (Å²) in [6.45, 7) is -0.224. The van der Waals surface area contributed by atoms with Gasteiger partial charge in [-0.2, -0.15) is 0 Å². The molecule has 1 aromatic heterocycles. The van der Waals surface area contributed by atoms with Crippen LogP contribution in [0, 0.1) is 0 Å². The second-order valence-electron chi connectivity index (χ2n) is 6.05. The number of hydrogen-bond acceptors (Lipinski definition) is 7. The minimum Gasteiger partial charge on any atom is -0.468 e. The number of esters is 1. The summed E-state index contributed by atoms with van der Waals surface area (Å²) in [6, 6.07) is 8.37. The Labute approximate surface area is 161 Å². The molecular weight excluding hydrogens is 388 g/mol. The van der Waals surface area contributed by atoms with E-state index >= 15 is 0 Å². The highest BCUT2D eigenvalue weighted by molar-refractivity contribution is 7.89. The summed E-state index contributed by atoms with van der Waals surface area (Å²) in [5, 5.41) is 0. The number of nitrogens with one attached hydrogen (secondary N) is 1. The molecular formula is C18H18N2O7S. The van der Waals surface area contributed by atoms with Crippen molar-refractivity contribution >= 4 is 27.8 Å². The van der Waals surface area contributed by atoms with Crippen LogP contribution >= 0.6 is 0 Å². The zero-order chi connectivity index (χ0) is 20.1. The molecule has 2 aromatic rings. The molecule has 0 saturated carbocycles. The number of carbonyl (C=O) groups is 3. The lowest BCUT2D eigenvalue weighted by molar-refractivity contribution is -0.143. The molecule has 1 N–H and O–H groups in total. The molecule has 9 nitrogen and oxygen atoms in total. The molecule has 2 amide bonds. The lowest BCUT2D eigenvalue weighted by atomic mass is 10.2. The molecule has 0 radical (unpaired) electrons. The number of rotatable bonds is 7. The van der Waals surface area contributed by atoms with Gasteiger partial charge in [0.1, 0.15) is 5.76 Å². The summed E-state index contributed by atoms with van der Waals surface area (Å²) >= 11 is 0. The molecule has 1 saturated heterocycles. The number of amides is 2. The van der Waals surface area contributed by atoms with Gasteiger partial charge < -0.3 is 9.15 Å². The topological polar surface area (TPSA) is 123 Å². The molecule has 148 valence electrons. The molecule has 0 unspecified atom stereocenters. The highest BCUT2D eigenvalue weighted by Crippen LogP contribution is 2.13. The van der Waals surface area contributed by atoms with Crippen molar-refractivity contribution in [3.8, 4) is 0 Å². The van der Waals surface area contributed by atoms with Gasteiger partial charge >= 0.3 is 5.97 Å². The summed E-state index contributed by atoms with van der Waals surface area (Å²) in [6.07, 6.45) is 2.35. The van der Waals surface area contributed by atoms with Gasteiger partial charge in [-0.25, -0.2) is 17.9 Å². The van der Waals surface area contributed by atoms with Crippen molar-refractivity contribution in [2.24, 2.45) is 0 Å². The van der Waals surface area contributed by atoms with Crippen LogP contribution in [0.2, 0.25) is 0 Å². The van der Waals surface area contributed by atoms with E-state index in [0.29, 0.717) is 25.1 Å². The van der Waals surface area contributed by atoms with Crippen molar-refractivity contribution in [2.45, 2.75) is 24.3 Å². The molecule has 1 fully saturated rings. The van der Waals surface area contributed by atoms with Crippen molar-refractivity contribution in [1.29, 1.82) is 0 Å². The molecule has 2 heterocycles. The maximum absolute atomic E-state index is 12.3. The van der Waals surface area contributed by atoms with Crippen LogP contribution < -0.4 is 4.72 Å². The first-order valence-electron chi connectivity index (χ1n) is 8.49. The average molecular weight is 406 g/mol. The summed E-state index contributed by atoms with van der Waals surface area (Å²) in [5.41, 5.74) is 0.0885. The largest absolute Gasteiger partial charge is 0.468 e. The van der Waals surface area contributed by atoms with E-state index in [0.717, 1.165) is 4.90 Å². The van der Waals surface area contributed by atoms with E-state index in [4.69, 9.17) is 9.15 Å². The Bertz CT molecular complexity index is 966. The number of likely N-dealkylation sites (tertiary alicyclic amines) is 1. The molecule has 1 aromatic carbocycles. The number of hydrogen-bond donors (Lipinski definition) is 1. The number of sulfonamides is 1. The number of furan rings is 1. The second kappa shape index (κ2) is 8.36. The predicted octanol–water partition coefficient (Wildman–Crippen LogP) is 1.06. The van der Waals surface area contributed by atoms with Crippen LogP contribution in [0.5, 0.6) is 0 Å². The van der Waals surface area contributed by atoms with Gasteiger partial charge in [0.25, 0.3) is 5.91 Å². The highest BCUT2D eigenvalue weighted by atomic mass is 32.2. The minimum atomic E-state index is -3.78. The minimum absolute atomic E-state index is 0.00351. The maximum atomic E-state index is 12.3. The van der Waals surface area contributed by atoms with E-state index < -0.39 is 28.5 Å². The van der Waals surface area contributed by atoms with E-state index in [1.807, 2.05) is 0 Å². The van der Waals surface area contributed by atoms with Gasteiger partial charge in [0.05, 0.1) is 23.3 Å². The normalized spacial score (nSPS) is 14.3. The first-order chi connectivity index (χ1) is 13.4. The fourth-order valence-corrected chi connectivity index (χ4v) is 3.63. The van der Waals surface area contributed by atoms with Gasteiger partial charge in [0.2, 0.25) is 15.9 Å². The van der Waals surface area contributed by atoms with Gasteiger partial charge in [-0.1, -0.05) is 0 Å². The Balaban J connectivity index is 1.56. The lowest BCUT2D eigenvalue weighted by Gasteiger charge is -2.13. The van der Waals surface area contributed by atoms with Gasteiger partial charge in [0, 0.05) is 13.0 Å². The monoisotopic (exact) mass is 406 g/mol. The van der Waals surface area contributed by atoms with Gasteiger partial charge in [-0.05, 0) is 42.8 Å². The molecule has 0 spiro atoms. The van der Waals surface area contributed by atoms with E-state index in [2.05, 4.69) is 4.72 Å². The molecule has 0 atom stereocenters. The summed E-state index contributed by atoms with van der Waals surface area (Å²) < 4.78 is 36.9. The molecule has 28 heavy (non-hydrogen) atoms. The lowest BCUT2D eigenvalue weighted by Crippen LogP contribution is -2.35. The number of imide groups is 1. The Kier molecular flexibility index (Phi) is 5.90. The second-order valence-corrected chi connectivity index (χ2v) is 7.81. The van der Waals surface area contributed by atoms with Gasteiger partial charge in [-0.3, -0.25) is 14.5 Å². The van der Waals surface area contributed by atoms with Gasteiger partial charge in [-0.15, -0.1) is 0 Å². The highest BCUT2D eigenvalue weighted by Gasteiger charge is 2.27. The van der Waals surface area contributed by atoms with Gasteiger partial charge in [0.15, 0.2) is 6.61 Å². The fraction of sp³-hybridized carbons (Fsp3) is 0.278. The third kappa shape index (κ3) is 4.65. The van der Waals surface area contributed by atoms with E-state index in [9.17, 15) is 22.8 Å². The third-order valence-corrected chi connectivity index (χ3v) is 5.54. The Morgan fingerprint density at radius 2 is 1.93 bits per heavy atom. The number of carbonyl (C=O) groups excluding carboxylic acids is 3. The van der Waals surface area contributed by atoms with Crippen molar-refractivity contribution in [3.05, 3.63) is 54.0 Å². The predicted molar refractivity (Wildman–Crippen MR) is 95.4 cm³/mol. The van der Waals surface area contributed by atoms with Crippen LogP contribution in [0.3, 0.4) is 0 Å². The molecule has 0 aliphatic carbocycles. The molecule has 3 rings (SSSR count). The Hall–Kier alpha value is -2.98. The molecule has 10 heteroatoms. The quantitative estimate of drug-likeness (QED) is 0.682. The van der Waals surface area contributed by atoms with Crippen LogP contribution in [0.4, 0.5) is 0 Å². The van der Waals surface area contributed by atoms with Crippen molar-refractivity contribution in [1.82, 2.24) is 9.62 Å². The maximum Gasteiger partial charge on any atom is 0.338 e. The van der Waals surface area contributed by atoms with Crippen LogP contribution in [0.1, 0.15) is 29.0 Å². The van der Waals surface area contributed by atoms with Crippen LogP contribution in [-0.2, 0) is 30.9 Å².